The van der Waals surface area contributed by atoms with Gasteiger partial charge in [0.05, 0.1) is 5.30 Å². The molecule has 0 unspecified atom stereocenters. The van der Waals surface area contributed by atoms with E-state index in [0.717, 1.165) is 26.9 Å². The van der Waals surface area contributed by atoms with E-state index in [1.165, 1.54) is 6.08 Å². The van der Waals surface area contributed by atoms with Crippen molar-refractivity contribution in [3.8, 4) is 0 Å². The van der Waals surface area contributed by atoms with E-state index in [2.05, 4.69) is 6.58 Å². The van der Waals surface area contributed by atoms with Gasteiger partial charge in [0.2, 0.25) is 0 Å². The van der Waals surface area contributed by atoms with Gasteiger partial charge < -0.3 is 9.79 Å². The first kappa shape index (κ1) is 13.5. The molecular weight excluding hydrogens is 295 g/mol. The molecular formula is C18H13O3P. The SMILES string of the molecule is C=Cc1cc2ccc3cccc4ccc(c1P(=O)(O)O)c2c34. The Kier molecular flexibility index (Phi) is 2.70. The Bertz CT molecular complexity index is 1080. The molecule has 3 nitrogen and oxygen atoms in total. The molecule has 0 aliphatic rings. The van der Waals surface area contributed by atoms with Crippen LogP contribution in [0.4, 0.5) is 0 Å². The van der Waals surface area contributed by atoms with Crippen molar-refractivity contribution in [3.63, 3.8) is 0 Å². The molecule has 4 aromatic rings. The van der Waals surface area contributed by atoms with Gasteiger partial charge in [-0.05, 0) is 43.9 Å². The molecule has 0 heterocycles. The molecule has 0 atom stereocenters. The molecule has 0 fully saturated rings. The first-order chi connectivity index (χ1) is 10.5. The average molecular weight is 308 g/mol. The lowest BCUT2D eigenvalue weighted by Crippen LogP contribution is -2.10. The summed E-state index contributed by atoms with van der Waals surface area (Å²) in [6.07, 6.45) is 1.50. The predicted octanol–water partition coefficient (Wildman–Crippen LogP) is 4.03. The monoisotopic (exact) mass is 308 g/mol. The second-order valence-electron chi connectivity index (χ2n) is 5.42. The van der Waals surface area contributed by atoms with E-state index in [-0.39, 0.29) is 5.30 Å². The predicted molar refractivity (Wildman–Crippen MR) is 91.9 cm³/mol. The first-order valence-corrected chi connectivity index (χ1v) is 8.51. The fourth-order valence-electron chi connectivity index (χ4n) is 3.30. The van der Waals surface area contributed by atoms with E-state index in [0.29, 0.717) is 10.9 Å². The number of rotatable bonds is 2. The first-order valence-electron chi connectivity index (χ1n) is 6.90. The smallest absolute Gasteiger partial charge is 0.321 e. The third-order valence-electron chi connectivity index (χ3n) is 4.16. The van der Waals surface area contributed by atoms with Crippen molar-refractivity contribution in [1.82, 2.24) is 0 Å². The maximum absolute atomic E-state index is 12.0. The minimum atomic E-state index is -4.40. The fraction of sp³-hybridized carbons (Fsp3) is 0. The minimum absolute atomic E-state index is 0.0632. The molecule has 0 aromatic heterocycles. The molecule has 0 amide bonds. The van der Waals surface area contributed by atoms with E-state index >= 15 is 0 Å². The van der Waals surface area contributed by atoms with Crippen LogP contribution >= 0.6 is 7.60 Å². The van der Waals surface area contributed by atoms with E-state index in [1.54, 1.807) is 12.1 Å². The molecule has 4 rings (SSSR count). The summed E-state index contributed by atoms with van der Waals surface area (Å²) in [5.74, 6) is 0. The lowest BCUT2D eigenvalue weighted by atomic mass is 9.93. The summed E-state index contributed by atoms with van der Waals surface area (Å²) in [5, 5.41) is 5.71. The van der Waals surface area contributed by atoms with Crippen molar-refractivity contribution in [2.75, 3.05) is 0 Å². The van der Waals surface area contributed by atoms with Crippen LogP contribution < -0.4 is 5.30 Å². The molecule has 0 saturated carbocycles. The highest BCUT2D eigenvalue weighted by atomic mass is 31.2. The molecule has 4 heteroatoms. The van der Waals surface area contributed by atoms with E-state index in [4.69, 9.17) is 0 Å². The third kappa shape index (κ3) is 1.74. The third-order valence-corrected chi connectivity index (χ3v) is 5.24. The van der Waals surface area contributed by atoms with E-state index in [9.17, 15) is 14.4 Å². The topological polar surface area (TPSA) is 57.5 Å². The molecule has 0 aliphatic heterocycles. The standard InChI is InChI=1S/C18H13O3P/c1-2-11-10-14-7-6-12-4-3-5-13-8-9-15(17(14)16(12)13)18(11)22(19,20)21/h2-10H,1H2,(H2,19,20,21). The fourth-order valence-corrected chi connectivity index (χ4v) is 4.29. The van der Waals surface area contributed by atoms with Crippen molar-refractivity contribution in [3.05, 3.63) is 60.7 Å². The minimum Gasteiger partial charge on any atom is -0.321 e. The number of hydrogen-bond acceptors (Lipinski definition) is 1. The van der Waals surface area contributed by atoms with Crippen LogP contribution in [0.2, 0.25) is 0 Å². The Morgan fingerprint density at radius 1 is 0.909 bits per heavy atom. The van der Waals surface area contributed by atoms with Crippen molar-refractivity contribution >= 4 is 51.3 Å². The summed E-state index contributed by atoms with van der Waals surface area (Å²) in [6, 6.07) is 15.5. The average Bonchev–Trinajstić information content (AvgIpc) is 2.50. The van der Waals surface area contributed by atoms with Crippen LogP contribution in [0.25, 0.3) is 38.4 Å². The van der Waals surface area contributed by atoms with E-state index < -0.39 is 7.60 Å². The molecule has 0 spiro atoms. The van der Waals surface area contributed by atoms with Crippen molar-refractivity contribution < 1.29 is 14.4 Å². The zero-order valence-corrected chi connectivity index (χ0v) is 12.5. The molecule has 0 radical (unpaired) electrons. The van der Waals surface area contributed by atoms with Gasteiger partial charge in [0, 0.05) is 0 Å². The number of hydrogen-bond donors (Lipinski definition) is 2. The van der Waals surface area contributed by atoms with Gasteiger partial charge in [-0.3, -0.25) is 4.57 Å². The van der Waals surface area contributed by atoms with Gasteiger partial charge in [-0.2, -0.15) is 0 Å². The van der Waals surface area contributed by atoms with Gasteiger partial charge in [-0.15, -0.1) is 0 Å². The second kappa shape index (κ2) is 4.40. The largest absolute Gasteiger partial charge is 0.357 e. The lowest BCUT2D eigenvalue weighted by molar-refractivity contribution is 0.387. The molecule has 0 aliphatic carbocycles. The summed E-state index contributed by atoms with van der Waals surface area (Å²) in [7, 11) is -4.40. The van der Waals surface area contributed by atoms with Crippen LogP contribution in [0.1, 0.15) is 5.56 Å². The molecule has 22 heavy (non-hydrogen) atoms. The normalized spacial score (nSPS) is 12.5. The van der Waals surface area contributed by atoms with Crippen molar-refractivity contribution in [2.24, 2.45) is 0 Å². The molecule has 4 aromatic carbocycles. The van der Waals surface area contributed by atoms with Crippen LogP contribution in [0, 0.1) is 0 Å². The van der Waals surface area contributed by atoms with Crippen molar-refractivity contribution in [1.29, 1.82) is 0 Å². The van der Waals surface area contributed by atoms with E-state index in [1.807, 2.05) is 36.4 Å². The maximum atomic E-state index is 12.0. The van der Waals surface area contributed by atoms with Gasteiger partial charge in [0.1, 0.15) is 0 Å². The van der Waals surface area contributed by atoms with Gasteiger partial charge in [-0.1, -0.05) is 55.1 Å². The zero-order valence-electron chi connectivity index (χ0n) is 11.7. The lowest BCUT2D eigenvalue weighted by Gasteiger charge is -2.17. The Morgan fingerprint density at radius 3 is 2.18 bits per heavy atom. The van der Waals surface area contributed by atoms with Crippen LogP contribution in [0.5, 0.6) is 0 Å². The molecule has 0 saturated heterocycles. The maximum Gasteiger partial charge on any atom is 0.357 e. The summed E-state index contributed by atoms with van der Waals surface area (Å²) >= 11 is 0. The van der Waals surface area contributed by atoms with Crippen LogP contribution in [0.15, 0.2) is 55.1 Å². The van der Waals surface area contributed by atoms with Gasteiger partial charge >= 0.3 is 7.60 Å². The summed E-state index contributed by atoms with van der Waals surface area (Å²) in [4.78, 5) is 19.6. The molecule has 2 N–H and O–H groups in total. The second-order valence-corrected chi connectivity index (χ2v) is 6.95. The quantitative estimate of drug-likeness (QED) is 0.434. The molecule has 0 bridgehead atoms. The van der Waals surface area contributed by atoms with Gasteiger partial charge in [0.15, 0.2) is 0 Å². The van der Waals surface area contributed by atoms with Crippen LogP contribution in [-0.4, -0.2) is 9.79 Å². The summed E-state index contributed by atoms with van der Waals surface area (Å²) < 4.78 is 12.0. The Morgan fingerprint density at radius 2 is 1.55 bits per heavy atom. The Labute approximate surface area is 127 Å². The van der Waals surface area contributed by atoms with Gasteiger partial charge in [-0.25, -0.2) is 0 Å². The highest BCUT2D eigenvalue weighted by molar-refractivity contribution is 7.61. The summed E-state index contributed by atoms with van der Waals surface area (Å²) in [6.45, 7) is 3.70. The Balaban J connectivity index is 2.38. The molecule has 108 valence electrons. The highest BCUT2D eigenvalue weighted by Crippen LogP contribution is 2.42. The van der Waals surface area contributed by atoms with Crippen LogP contribution in [-0.2, 0) is 4.57 Å². The van der Waals surface area contributed by atoms with Crippen molar-refractivity contribution in [2.45, 2.75) is 0 Å². The highest BCUT2D eigenvalue weighted by Gasteiger charge is 2.25. The number of benzene rings is 4. The zero-order chi connectivity index (χ0) is 15.5. The Hall–Kier alpha value is -2.19. The van der Waals surface area contributed by atoms with Gasteiger partial charge in [0.25, 0.3) is 0 Å². The summed E-state index contributed by atoms with van der Waals surface area (Å²) in [5.41, 5.74) is 0.485. The van der Waals surface area contributed by atoms with Crippen LogP contribution in [0.3, 0.4) is 0 Å².